The molecule has 0 bridgehead atoms. The molecule has 1 aliphatic heterocycles. The van der Waals surface area contributed by atoms with Crippen molar-refractivity contribution in [1.82, 2.24) is 4.90 Å². The Morgan fingerprint density at radius 2 is 1.96 bits per heavy atom. The lowest BCUT2D eigenvalue weighted by molar-refractivity contribution is -0.146. The number of rotatable bonds is 3. The molecule has 23 heavy (non-hydrogen) atoms. The quantitative estimate of drug-likeness (QED) is 0.804. The van der Waals surface area contributed by atoms with Crippen LogP contribution in [0.1, 0.15) is 43.5 Å². The van der Waals surface area contributed by atoms with E-state index in [1.165, 1.54) is 6.92 Å². The molecule has 0 N–H and O–H groups in total. The molecule has 1 saturated heterocycles. The number of benzene rings is 1. The summed E-state index contributed by atoms with van der Waals surface area (Å²) in [6, 6.07) is 9.37. The molecule has 0 spiro atoms. The highest BCUT2D eigenvalue weighted by Gasteiger charge is 2.43. The topological polar surface area (TPSA) is 55.8 Å². The summed E-state index contributed by atoms with van der Waals surface area (Å²) in [7, 11) is 0. The number of hydrogen-bond donors (Lipinski definition) is 0. The highest BCUT2D eigenvalue weighted by Crippen LogP contribution is 2.36. The molecule has 124 valence electrons. The van der Waals surface area contributed by atoms with Gasteiger partial charge in [0.1, 0.15) is 12.3 Å². The van der Waals surface area contributed by atoms with Gasteiger partial charge in [-0.05, 0) is 38.3 Å². The molecule has 4 atom stereocenters. The number of carbonyl (C=O) groups is 2. The van der Waals surface area contributed by atoms with Gasteiger partial charge < -0.3 is 14.4 Å². The van der Waals surface area contributed by atoms with Gasteiger partial charge in [-0.2, -0.15) is 0 Å². The van der Waals surface area contributed by atoms with Crippen LogP contribution in [0.4, 0.5) is 0 Å². The van der Waals surface area contributed by atoms with Crippen molar-refractivity contribution in [2.75, 3.05) is 6.61 Å². The summed E-state index contributed by atoms with van der Waals surface area (Å²) in [5.41, 5.74) is 0.685. The highest BCUT2D eigenvalue weighted by molar-refractivity contribution is 5.94. The molecule has 2 fully saturated rings. The zero-order chi connectivity index (χ0) is 16.4. The fourth-order valence-electron chi connectivity index (χ4n) is 3.63. The number of nitrogens with zero attached hydrogens (tertiary/aromatic N) is 1. The van der Waals surface area contributed by atoms with Crippen LogP contribution < -0.4 is 0 Å². The second-order valence-corrected chi connectivity index (χ2v) is 6.46. The first-order valence-electron chi connectivity index (χ1n) is 8.23. The Bertz CT molecular complexity index is 574. The molecule has 1 aromatic carbocycles. The summed E-state index contributed by atoms with van der Waals surface area (Å²) in [4.78, 5) is 25.8. The standard InChI is InChI=1S/C18H23NO4/c1-12-11-22-18(15-8-9-16(10-15)23-13(2)20)19(12)17(21)14-6-4-3-5-7-14/h3-7,12,15-16,18H,8-11H2,1-2H3/t12-,15?,16?,18?/m1/s1. The Balaban J connectivity index is 1.72. The molecular formula is C18H23NO4. The van der Waals surface area contributed by atoms with Crippen LogP contribution in [-0.2, 0) is 14.3 Å². The number of hydrogen-bond acceptors (Lipinski definition) is 4. The van der Waals surface area contributed by atoms with Crippen molar-refractivity contribution >= 4 is 11.9 Å². The SMILES string of the molecule is CC(=O)OC1CCC(C2OC[C@@H](C)N2C(=O)c2ccccc2)C1. The molecule has 1 aliphatic carbocycles. The van der Waals surface area contributed by atoms with Gasteiger partial charge in [0.15, 0.2) is 0 Å². The molecule has 5 heteroatoms. The van der Waals surface area contributed by atoms with E-state index in [1.807, 2.05) is 42.2 Å². The Morgan fingerprint density at radius 1 is 1.22 bits per heavy atom. The van der Waals surface area contributed by atoms with E-state index in [4.69, 9.17) is 9.47 Å². The fourth-order valence-corrected chi connectivity index (χ4v) is 3.63. The van der Waals surface area contributed by atoms with E-state index in [9.17, 15) is 9.59 Å². The summed E-state index contributed by atoms with van der Waals surface area (Å²) >= 11 is 0. The molecule has 0 radical (unpaired) electrons. The van der Waals surface area contributed by atoms with E-state index in [0.717, 1.165) is 19.3 Å². The van der Waals surface area contributed by atoms with E-state index in [-0.39, 0.29) is 36.2 Å². The summed E-state index contributed by atoms with van der Waals surface area (Å²) in [5, 5.41) is 0. The molecule has 1 aromatic rings. The molecule has 0 aromatic heterocycles. The van der Waals surface area contributed by atoms with Crippen molar-refractivity contribution in [3.63, 3.8) is 0 Å². The molecule has 3 rings (SSSR count). The number of carbonyl (C=O) groups excluding carboxylic acids is 2. The van der Waals surface area contributed by atoms with Crippen LogP contribution in [0.2, 0.25) is 0 Å². The maximum absolute atomic E-state index is 12.8. The van der Waals surface area contributed by atoms with Crippen LogP contribution in [0, 0.1) is 5.92 Å². The van der Waals surface area contributed by atoms with Gasteiger partial charge in [-0.25, -0.2) is 0 Å². The summed E-state index contributed by atoms with van der Waals surface area (Å²) in [6.07, 6.45) is 2.24. The van der Waals surface area contributed by atoms with E-state index >= 15 is 0 Å². The number of esters is 1. The lowest BCUT2D eigenvalue weighted by atomic mass is 10.0. The minimum atomic E-state index is -0.242. The van der Waals surface area contributed by atoms with E-state index in [0.29, 0.717) is 12.2 Å². The molecular weight excluding hydrogens is 294 g/mol. The zero-order valence-electron chi connectivity index (χ0n) is 13.6. The average Bonchev–Trinajstić information content (AvgIpc) is 3.13. The Hall–Kier alpha value is -1.88. The largest absolute Gasteiger partial charge is 0.463 e. The third-order valence-electron chi connectivity index (χ3n) is 4.67. The van der Waals surface area contributed by atoms with Gasteiger partial charge in [0.25, 0.3) is 5.91 Å². The Kier molecular flexibility index (Phi) is 4.66. The highest BCUT2D eigenvalue weighted by atomic mass is 16.5. The second kappa shape index (κ2) is 6.71. The number of amides is 1. The minimum absolute atomic E-state index is 0.0107. The first-order valence-corrected chi connectivity index (χ1v) is 8.23. The monoisotopic (exact) mass is 317 g/mol. The lowest BCUT2D eigenvalue weighted by Gasteiger charge is -2.30. The van der Waals surface area contributed by atoms with E-state index < -0.39 is 0 Å². The average molecular weight is 317 g/mol. The van der Waals surface area contributed by atoms with Gasteiger partial charge in [-0.3, -0.25) is 9.59 Å². The predicted octanol–water partition coefficient (Wildman–Crippen LogP) is 2.61. The van der Waals surface area contributed by atoms with Gasteiger partial charge >= 0.3 is 5.97 Å². The van der Waals surface area contributed by atoms with Crippen molar-refractivity contribution in [3.05, 3.63) is 35.9 Å². The van der Waals surface area contributed by atoms with E-state index in [1.54, 1.807) is 0 Å². The molecule has 1 heterocycles. The van der Waals surface area contributed by atoms with E-state index in [2.05, 4.69) is 0 Å². The van der Waals surface area contributed by atoms with Crippen LogP contribution in [-0.4, -0.2) is 41.8 Å². The molecule has 2 aliphatic rings. The van der Waals surface area contributed by atoms with Crippen LogP contribution in [0.5, 0.6) is 0 Å². The Labute approximate surface area is 136 Å². The smallest absolute Gasteiger partial charge is 0.302 e. The van der Waals surface area contributed by atoms with Crippen molar-refractivity contribution in [2.45, 2.75) is 51.5 Å². The van der Waals surface area contributed by atoms with Gasteiger partial charge in [-0.15, -0.1) is 0 Å². The third kappa shape index (κ3) is 3.39. The third-order valence-corrected chi connectivity index (χ3v) is 4.67. The van der Waals surface area contributed by atoms with Gasteiger partial charge in [0.05, 0.1) is 12.6 Å². The fraction of sp³-hybridized carbons (Fsp3) is 0.556. The zero-order valence-corrected chi connectivity index (χ0v) is 13.6. The van der Waals surface area contributed by atoms with Gasteiger partial charge in [0, 0.05) is 18.4 Å². The normalized spacial score (nSPS) is 30.4. The van der Waals surface area contributed by atoms with Crippen molar-refractivity contribution in [2.24, 2.45) is 5.92 Å². The lowest BCUT2D eigenvalue weighted by Crippen LogP contribution is -2.44. The summed E-state index contributed by atoms with van der Waals surface area (Å²) in [5.74, 6) is -0.0120. The van der Waals surface area contributed by atoms with Gasteiger partial charge in [-0.1, -0.05) is 18.2 Å². The molecule has 1 amide bonds. The minimum Gasteiger partial charge on any atom is -0.463 e. The summed E-state index contributed by atoms with van der Waals surface area (Å²) in [6.45, 7) is 4.00. The molecule has 5 nitrogen and oxygen atoms in total. The first-order chi connectivity index (χ1) is 11.1. The summed E-state index contributed by atoms with van der Waals surface area (Å²) < 4.78 is 11.2. The molecule has 1 saturated carbocycles. The second-order valence-electron chi connectivity index (χ2n) is 6.46. The van der Waals surface area contributed by atoms with Crippen molar-refractivity contribution < 1.29 is 19.1 Å². The maximum Gasteiger partial charge on any atom is 0.302 e. The predicted molar refractivity (Wildman–Crippen MR) is 84.7 cm³/mol. The van der Waals surface area contributed by atoms with Crippen LogP contribution in [0.15, 0.2) is 30.3 Å². The number of ether oxygens (including phenoxy) is 2. The van der Waals surface area contributed by atoms with Gasteiger partial charge in [0.2, 0.25) is 0 Å². The van der Waals surface area contributed by atoms with Crippen molar-refractivity contribution in [3.8, 4) is 0 Å². The molecule has 3 unspecified atom stereocenters. The first kappa shape index (κ1) is 16.0. The van der Waals surface area contributed by atoms with Crippen molar-refractivity contribution in [1.29, 1.82) is 0 Å². The van der Waals surface area contributed by atoms with Crippen LogP contribution >= 0.6 is 0 Å². The Morgan fingerprint density at radius 3 is 2.65 bits per heavy atom. The van der Waals surface area contributed by atoms with Crippen LogP contribution in [0.25, 0.3) is 0 Å². The maximum atomic E-state index is 12.8. The van der Waals surface area contributed by atoms with Crippen LogP contribution in [0.3, 0.4) is 0 Å².